The second kappa shape index (κ2) is 5.98. The van der Waals surface area contributed by atoms with Gasteiger partial charge in [0.05, 0.1) is 0 Å². The molecule has 0 atom stereocenters. The van der Waals surface area contributed by atoms with Crippen LogP contribution in [0.4, 0.5) is 4.39 Å². The Hall–Kier alpha value is -1.38. The molecule has 0 bridgehead atoms. The van der Waals surface area contributed by atoms with E-state index in [1.165, 1.54) is 12.1 Å². The molecule has 0 aliphatic rings. The van der Waals surface area contributed by atoms with Crippen molar-refractivity contribution in [3.05, 3.63) is 58.9 Å². The second-order valence-electron chi connectivity index (χ2n) is 4.10. The highest BCUT2D eigenvalue weighted by molar-refractivity contribution is 6.30. The van der Waals surface area contributed by atoms with Gasteiger partial charge in [0.15, 0.2) is 0 Å². The van der Waals surface area contributed by atoms with Gasteiger partial charge in [0, 0.05) is 11.6 Å². The third-order valence-corrected chi connectivity index (χ3v) is 2.97. The Balaban J connectivity index is 2.42. The van der Waals surface area contributed by atoms with Gasteiger partial charge in [0.1, 0.15) is 5.82 Å². The summed E-state index contributed by atoms with van der Waals surface area (Å²) in [4.78, 5) is 0. The molecule has 18 heavy (non-hydrogen) atoms. The van der Waals surface area contributed by atoms with E-state index in [0.29, 0.717) is 5.02 Å². The Bertz CT molecular complexity index is 520. The molecule has 0 saturated carbocycles. The topological polar surface area (TPSA) is 12.0 Å². The molecule has 2 aromatic rings. The molecule has 0 radical (unpaired) electrons. The van der Waals surface area contributed by atoms with E-state index in [4.69, 9.17) is 11.6 Å². The quantitative estimate of drug-likeness (QED) is 0.869. The standard InChI is InChI=1S/C15H15ClFN/c1-2-18-10-11-5-3-4-6-15(11)12-7-13(16)9-14(17)8-12/h3-9,18H,2,10H2,1H3. The van der Waals surface area contributed by atoms with Crippen LogP contribution in [0.15, 0.2) is 42.5 Å². The van der Waals surface area contributed by atoms with Crippen molar-refractivity contribution in [2.24, 2.45) is 0 Å². The van der Waals surface area contributed by atoms with Gasteiger partial charge in [-0.25, -0.2) is 4.39 Å². The van der Waals surface area contributed by atoms with Crippen molar-refractivity contribution >= 4 is 11.6 Å². The molecule has 0 saturated heterocycles. The van der Waals surface area contributed by atoms with Gasteiger partial charge in [-0.1, -0.05) is 42.8 Å². The summed E-state index contributed by atoms with van der Waals surface area (Å²) in [5.41, 5.74) is 2.97. The third-order valence-electron chi connectivity index (χ3n) is 2.76. The first kappa shape index (κ1) is 13.1. The van der Waals surface area contributed by atoms with Crippen molar-refractivity contribution in [1.29, 1.82) is 0 Å². The third kappa shape index (κ3) is 3.09. The van der Waals surface area contributed by atoms with Gasteiger partial charge in [-0.15, -0.1) is 0 Å². The van der Waals surface area contributed by atoms with Gasteiger partial charge in [-0.2, -0.15) is 0 Å². The molecule has 0 fully saturated rings. The first-order chi connectivity index (χ1) is 8.70. The zero-order chi connectivity index (χ0) is 13.0. The fourth-order valence-corrected chi connectivity index (χ4v) is 2.15. The lowest BCUT2D eigenvalue weighted by Gasteiger charge is -2.10. The zero-order valence-corrected chi connectivity index (χ0v) is 11.0. The average molecular weight is 264 g/mol. The molecule has 1 N–H and O–H groups in total. The Morgan fingerprint density at radius 1 is 1.17 bits per heavy atom. The number of benzene rings is 2. The molecule has 0 aromatic heterocycles. The lowest BCUT2D eigenvalue weighted by atomic mass is 9.99. The van der Waals surface area contributed by atoms with Crippen LogP contribution in [-0.2, 0) is 6.54 Å². The summed E-state index contributed by atoms with van der Waals surface area (Å²) in [6.07, 6.45) is 0. The summed E-state index contributed by atoms with van der Waals surface area (Å²) in [7, 11) is 0. The highest BCUT2D eigenvalue weighted by atomic mass is 35.5. The molecule has 2 rings (SSSR count). The van der Waals surface area contributed by atoms with Crippen LogP contribution in [0.5, 0.6) is 0 Å². The minimum Gasteiger partial charge on any atom is -0.313 e. The molecule has 94 valence electrons. The van der Waals surface area contributed by atoms with Crippen LogP contribution in [0, 0.1) is 5.82 Å². The van der Waals surface area contributed by atoms with Crippen molar-refractivity contribution in [2.75, 3.05) is 6.54 Å². The first-order valence-electron chi connectivity index (χ1n) is 5.96. The molecule has 2 aromatic carbocycles. The van der Waals surface area contributed by atoms with E-state index in [0.717, 1.165) is 29.8 Å². The lowest BCUT2D eigenvalue weighted by molar-refractivity contribution is 0.628. The Kier molecular flexibility index (Phi) is 4.34. The van der Waals surface area contributed by atoms with Crippen molar-refractivity contribution in [3.8, 4) is 11.1 Å². The molecular formula is C15H15ClFN. The summed E-state index contributed by atoms with van der Waals surface area (Å²) in [6.45, 7) is 3.72. The van der Waals surface area contributed by atoms with Crippen LogP contribution >= 0.6 is 11.6 Å². The van der Waals surface area contributed by atoms with Gasteiger partial charge in [0.25, 0.3) is 0 Å². The maximum atomic E-state index is 13.4. The van der Waals surface area contributed by atoms with Gasteiger partial charge < -0.3 is 5.32 Å². The van der Waals surface area contributed by atoms with E-state index in [-0.39, 0.29) is 5.82 Å². The van der Waals surface area contributed by atoms with Crippen LogP contribution < -0.4 is 5.32 Å². The number of rotatable bonds is 4. The van der Waals surface area contributed by atoms with Gasteiger partial charge in [-0.3, -0.25) is 0 Å². The predicted molar refractivity (Wildman–Crippen MR) is 74.2 cm³/mol. The normalized spacial score (nSPS) is 10.6. The van der Waals surface area contributed by atoms with E-state index in [2.05, 4.69) is 12.2 Å². The fourth-order valence-electron chi connectivity index (χ4n) is 1.93. The van der Waals surface area contributed by atoms with Crippen molar-refractivity contribution < 1.29 is 4.39 Å². The van der Waals surface area contributed by atoms with Crippen LogP contribution in [0.1, 0.15) is 12.5 Å². The van der Waals surface area contributed by atoms with Crippen LogP contribution in [0.2, 0.25) is 5.02 Å². The Labute approximate surface area is 112 Å². The summed E-state index contributed by atoms with van der Waals surface area (Å²) in [6, 6.07) is 12.6. The molecule has 1 nitrogen and oxygen atoms in total. The lowest BCUT2D eigenvalue weighted by Crippen LogP contribution is -2.12. The molecule has 3 heteroatoms. The SMILES string of the molecule is CCNCc1ccccc1-c1cc(F)cc(Cl)c1. The van der Waals surface area contributed by atoms with Crippen LogP contribution in [0.3, 0.4) is 0 Å². The summed E-state index contributed by atoms with van der Waals surface area (Å²) >= 11 is 5.90. The average Bonchev–Trinajstić information content (AvgIpc) is 2.35. The minimum atomic E-state index is -0.309. The second-order valence-corrected chi connectivity index (χ2v) is 4.53. The molecule has 0 unspecified atom stereocenters. The van der Waals surface area contributed by atoms with Gasteiger partial charge in [-0.05, 0) is 41.4 Å². The Morgan fingerprint density at radius 2 is 1.94 bits per heavy atom. The van der Waals surface area contributed by atoms with E-state index in [1.807, 2.05) is 24.3 Å². The fraction of sp³-hybridized carbons (Fsp3) is 0.200. The monoisotopic (exact) mass is 263 g/mol. The minimum absolute atomic E-state index is 0.309. The van der Waals surface area contributed by atoms with E-state index >= 15 is 0 Å². The molecule has 0 heterocycles. The highest BCUT2D eigenvalue weighted by Crippen LogP contribution is 2.27. The maximum Gasteiger partial charge on any atom is 0.125 e. The van der Waals surface area contributed by atoms with E-state index in [9.17, 15) is 4.39 Å². The zero-order valence-electron chi connectivity index (χ0n) is 10.2. The number of hydrogen-bond donors (Lipinski definition) is 1. The largest absolute Gasteiger partial charge is 0.313 e. The van der Waals surface area contributed by atoms with Crippen LogP contribution in [0.25, 0.3) is 11.1 Å². The molecule has 0 aliphatic carbocycles. The summed E-state index contributed by atoms with van der Waals surface area (Å²) in [5, 5.41) is 3.70. The number of hydrogen-bond acceptors (Lipinski definition) is 1. The molecular weight excluding hydrogens is 249 g/mol. The van der Waals surface area contributed by atoms with E-state index in [1.54, 1.807) is 6.07 Å². The Morgan fingerprint density at radius 3 is 2.67 bits per heavy atom. The van der Waals surface area contributed by atoms with Crippen molar-refractivity contribution in [3.63, 3.8) is 0 Å². The number of halogens is 2. The van der Waals surface area contributed by atoms with E-state index < -0.39 is 0 Å². The first-order valence-corrected chi connectivity index (χ1v) is 6.33. The van der Waals surface area contributed by atoms with Crippen molar-refractivity contribution in [1.82, 2.24) is 5.32 Å². The van der Waals surface area contributed by atoms with Crippen molar-refractivity contribution in [2.45, 2.75) is 13.5 Å². The number of nitrogens with one attached hydrogen (secondary N) is 1. The molecule has 0 spiro atoms. The highest BCUT2D eigenvalue weighted by Gasteiger charge is 2.06. The van der Waals surface area contributed by atoms with Crippen LogP contribution in [-0.4, -0.2) is 6.54 Å². The maximum absolute atomic E-state index is 13.4. The van der Waals surface area contributed by atoms with Gasteiger partial charge >= 0.3 is 0 Å². The molecule has 0 amide bonds. The summed E-state index contributed by atoms with van der Waals surface area (Å²) in [5.74, 6) is -0.309. The predicted octanol–water partition coefficient (Wildman–Crippen LogP) is 4.26. The van der Waals surface area contributed by atoms with Gasteiger partial charge in [0.2, 0.25) is 0 Å². The smallest absolute Gasteiger partial charge is 0.125 e. The summed E-state index contributed by atoms with van der Waals surface area (Å²) < 4.78 is 13.4. The molecule has 0 aliphatic heterocycles.